The second kappa shape index (κ2) is 4.32. The third-order valence-electron chi connectivity index (χ3n) is 1.57. The molecule has 5 heteroatoms. The summed E-state index contributed by atoms with van der Waals surface area (Å²) in [5.74, 6) is 0. The average molecular weight is 189 g/mol. The first-order valence-corrected chi connectivity index (χ1v) is 4.13. The molecule has 0 bridgehead atoms. The van der Waals surface area contributed by atoms with E-state index in [9.17, 15) is 8.78 Å². The number of alkyl halides is 2. The van der Waals surface area contributed by atoms with Crippen molar-refractivity contribution in [3.63, 3.8) is 0 Å². The van der Waals surface area contributed by atoms with Gasteiger partial charge in [0, 0.05) is 12.2 Å². The summed E-state index contributed by atoms with van der Waals surface area (Å²) in [4.78, 5) is 0. The predicted molar refractivity (Wildman–Crippen MR) is 45.6 cm³/mol. The summed E-state index contributed by atoms with van der Waals surface area (Å²) < 4.78 is 25.1. The Morgan fingerprint density at radius 2 is 2.31 bits per heavy atom. The minimum absolute atomic E-state index is 0.0317. The molecule has 1 heterocycles. The van der Waals surface area contributed by atoms with E-state index in [2.05, 4.69) is 5.10 Å². The number of rotatable bonds is 4. The van der Waals surface area contributed by atoms with Crippen molar-refractivity contribution in [2.75, 3.05) is 0 Å². The summed E-state index contributed by atoms with van der Waals surface area (Å²) in [5.41, 5.74) is 6.45. The van der Waals surface area contributed by atoms with Crippen LogP contribution >= 0.6 is 0 Å². The lowest BCUT2D eigenvalue weighted by Crippen LogP contribution is -2.17. The molecule has 0 aliphatic carbocycles. The molecule has 1 atom stereocenters. The Bertz CT molecular complexity index is 233. The van der Waals surface area contributed by atoms with Crippen LogP contribution in [-0.2, 0) is 13.0 Å². The van der Waals surface area contributed by atoms with Crippen LogP contribution in [0.5, 0.6) is 0 Å². The topological polar surface area (TPSA) is 43.8 Å². The van der Waals surface area contributed by atoms with Gasteiger partial charge in [0.1, 0.15) is 6.54 Å². The van der Waals surface area contributed by atoms with Gasteiger partial charge in [0.2, 0.25) is 0 Å². The molecule has 1 rings (SSSR count). The van der Waals surface area contributed by atoms with Crippen molar-refractivity contribution in [2.45, 2.75) is 32.4 Å². The lowest BCUT2D eigenvalue weighted by Gasteiger charge is -2.00. The van der Waals surface area contributed by atoms with E-state index in [0.29, 0.717) is 6.42 Å². The summed E-state index contributed by atoms with van der Waals surface area (Å²) >= 11 is 0. The number of hydrogen-bond donors (Lipinski definition) is 1. The highest BCUT2D eigenvalue weighted by molar-refractivity contribution is 5.05. The quantitative estimate of drug-likeness (QED) is 0.769. The fraction of sp³-hybridized carbons (Fsp3) is 0.625. The van der Waals surface area contributed by atoms with Crippen LogP contribution in [0.15, 0.2) is 12.4 Å². The third-order valence-corrected chi connectivity index (χ3v) is 1.57. The Morgan fingerprint density at radius 3 is 2.85 bits per heavy atom. The number of aromatic nitrogens is 2. The molecule has 13 heavy (non-hydrogen) atoms. The summed E-state index contributed by atoms with van der Waals surface area (Å²) in [5, 5.41) is 3.79. The molecule has 0 radical (unpaired) electrons. The maximum Gasteiger partial charge on any atom is 0.257 e. The molecule has 0 fully saturated rings. The van der Waals surface area contributed by atoms with Crippen molar-refractivity contribution in [1.82, 2.24) is 9.78 Å². The van der Waals surface area contributed by atoms with Crippen LogP contribution in [0.25, 0.3) is 0 Å². The summed E-state index contributed by atoms with van der Waals surface area (Å²) in [6, 6.07) is 0.0317. The van der Waals surface area contributed by atoms with Gasteiger partial charge in [-0.2, -0.15) is 5.10 Å². The average Bonchev–Trinajstić information content (AvgIpc) is 2.33. The van der Waals surface area contributed by atoms with Crippen molar-refractivity contribution < 1.29 is 8.78 Å². The summed E-state index contributed by atoms with van der Waals surface area (Å²) in [6.07, 6.45) is 1.49. The van der Waals surface area contributed by atoms with Crippen LogP contribution in [0, 0.1) is 0 Å². The Hall–Kier alpha value is -0.970. The minimum atomic E-state index is -2.36. The second-order valence-corrected chi connectivity index (χ2v) is 3.14. The Kier molecular flexibility index (Phi) is 3.36. The second-order valence-electron chi connectivity index (χ2n) is 3.14. The molecule has 0 aliphatic rings. The molecule has 0 saturated heterocycles. The van der Waals surface area contributed by atoms with E-state index in [0.717, 1.165) is 5.56 Å². The van der Waals surface area contributed by atoms with E-state index in [4.69, 9.17) is 5.73 Å². The maximum absolute atomic E-state index is 11.9. The molecule has 0 aliphatic heterocycles. The Morgan fingerprint density at radius 1 is 1.62 bits per heavy atom. The molecule has 1 aromatic heterocycles. The summed E-state index contributed by atoms with van der Waals surface area (Å²) in [6.45, 7) is 1.52. The predicted octanol–water partition coefficient (Wildman–Crippen LogP) is 1.04. The van der Waals surface area contributed by atoms with E-state index in [-0.39, 0.29) is 12.6 Å². The smallest absolute Gasteiger partial charge is 0.257 e. The Labute approximate surface area is 75.5 Å². The molecule has 74 valence electrons. The van der Waals surface area contributed by atoms with Crippen LogP contribution < -0.4 is 5.73 Å². The lowest BCUT2D eigenvalue weighted by molar-refractivity contribution is 0.122. The molecule has 1 aromatic rings. The molecule has 0 saturated carbocycles. The first-order chi connectivity index (χ1) is 6.08. The highest BCUT2D eigenvalue weighted by Crippen LogP contribution is 2.03. The van der Waals surface area contributed by atoms with Gasteiger partial charge in [0.25, 0.3) is 6.43 Å². The van der Waals surface area contributed by atoms with Gasteiger partial charge >= 0.3 is 0 Å². The molecule has 0 aromatic carbocycles. The molecule has 0 amide bonds. The van der Waals surface area contributed by atoms with Crippen molar-refractivity contribution >= 4 is 0 Å². The first-order valence-electron chi connectivity index (χ1n) is 4.13. The van der Waals surface area contributed by atoms with Crippen LogP contribution in [0.1, 0.15) is 12.5 Å². The molecular formula is C8H13F2N3. The number of hydrogen-bond acceptors (Lipinski definition) is 2. The monoisotopic (exact) mass is 189 g/mol. The zero-order valence-electron chi connectivity index (χ0n) is 7.45. The molecule has 1 unspecified atom stereocenters. The normalized spacial score (nSPS) is 13.6. The zero-order chi connectivity index (χ0) is 9.84. The molecule has 0 spiro atoms. The van der Waals surface area contributed by atoms with Crippen molar-refractivity contribution in [1.29, 1.82) is 0 Å². The van der Waals surface area contributed by atoms with E-state index in [1.807, 2.05) is 6.92 Å². The van der Waals surface area contributed by atoms with E-state index < -0.39 is 6.43 Å². The van der Waals surface area contributed by atoms with Crippen LogP contribution in [0.4, 0.5) is 8.78 Å². The van der Waals surface area contributed by atoms with Gasteiger partial charge in [-0.25, -0.2) is 8.78 Å². The highest BCUT2D eigenvalue weighted by atomic mass is 19.3. The van der Waals surface area contributed by atoms with Gasteiger partial charge in [0.15, 0.2) is 0 Å². The van der Waals surface area contributed by atoms with Crippen molar-refractivity contribution in [3.8, 4) is 0 Å². The third kappa shape index (κ3) is 3.50. The maximum atomic E-state index is 11.9. The largest absolute Gasteiger partial charge is 0.328 e. The fourth-order valence-electron chi connectivity index (χ4n) is 1.12. The number of halogens is 2. The molecule has 3 nitrogen and oxygen atoms in total. The van der Waals surface area contributed by atoms with Crippen molar-refractivity contribution in [3.05, 3.63) is 18.0 Å². The van der Waals surface area contributed by atoms with Crippen LogP contribution in [-0.4, -0.2) is 22.2 Å². The van der Waals surface area contributed by atoms with E-state index >= 15 is 0 Å². The minimum Gasteiger partial charge on any atom is -0.328 e. The van der Waals surface area contributed by atoms with Gasteiger partial charge in [-0.3, -0.25) is 4.68 Å². The van der Waals surface area contributed by atoms with Crippen molar-refractivity contribution in [2.24, 2.45) is 5.73 Å². The van der Waals surface area contributed by atoms with Gasteiger partial charge in [0.05, 0.1) is 6.20 Å². The van der Waals surface area contributed by atoms with Crippen LogP contribution in [0.2, 0.25) is 0 Å². The number of nitrogens with zero attached hydrogens (tertiary/aromatic N) is 2. The summed E-state index contributed by atoms with van der Waals surface area (Å²) in [7, 11) is 0. The first kappa shape index (κ1) is 10.1. The lowest BCUT2D eigenvalue weighted by atomic mass is 10.1. The van der Waals surface area contributed by atoms with Gasteiger partial charge in [-0.15, -0.1) is 0 Å². The van der Waals surface area contributed by atoms with E-state index in [1.165, 1.54) is 4.68 Å². The fourth-order valence-corrected chi connectivity index (χ4v) is 1.12. The van der Waals surface area contributed by atoms with Gasteiger partial charge in [-0.1, -0.05) is 0 Å². The molecular weight excluding hydrogens is 176 g/mol. The number of nitrogens with two attached hydrogens (primary N) is 1. The SMILES string of the molecule is CC(N)Cc1cnn(CC(F)F)c1. The standard InChI is InChI=1S/C8H13F2N3/c1-6(11)2-7-3-12-13(4-7)5-8(9)10/h3-4,6,8H,2,5,11H2,1H3. The molecule has 2 N–H and O–H groups in total. The highest BCUT2D eigenvalue weighted by Gasteiger charge is 2.06. The van der Waals surface area contributed by atoms with Crippen LogP contribution in [0.3, 0.4) is 0 Å². The van der Waals surface area contributed by atoms with Gasteiger partial charge < -0.3 is 5.73 Å². The van der Waals surface area contributed by atoms with Gasteiger partial charge in [-0.05, 0) is 18.9 Å². The zero-order valence-corrected chi connectivity index (χ0v) is 7.45. The van der Waals surface area contributed by atoms with E-state index in [1.54, 1.807) is 12.4 Å². The Balaban J connectivity index is 2.53.